The van der Waals surface area contributed by atoms with E-state index in [0.717, 1.165) is 21.0 Å². The number of methoxy groups -OCH3 is 1. The van der Waals surface area contributed by atoms with Crippen LogP contribution in [-0.4, -0.2) is 25.2 Å². The minimum absolute atomic E-state index is 0.0222. The predicted molar refractivity (Wildman–Crippen MR) is 72.1 cm³/mol. The number of hydrogen-bond donors (Lipinski definition) is 1. The van der Waals surface area contributed by atoms with E-state index in [2.05, 4.69) is 10.1 Å². The molecule has 0 radical (unpaired) electrons. The number of alkyl halides is 3. The van der Waals surface area contributed by atoms with E-state index in [0.29, 0.717) is 0 Å². The summed E-state index contributed by atoms with van der Waals surface area (Å²) in [4.78, 5) is 23.2. The maximum absolute atomic E-state index is 12.7. The lowest BCUT2D eigenvalue weighted by atomic mass is 9.87. The number of ether oxygens (including phenoxy) is 1. The molecule has 0 spiro atoms. The predicted octanol–water partition coefficient (Wildman–Crippen LogP) is 3.18. The smallest absolute Gasteiger partial charge is 0.393 e. The monoisotopic (exact) mass is 309 g/mol. The largest absolute Gasteiger partial charge is 0.464 e. The number of esters is 1. The van der Waals surface area contributed by atoms with Crippen LogP contribution in [0.4, 0.5) is 13.2 Å². The molecular weight excluding hydrogens is 287 g/mol. The zero-order valence-corrected chi connectivity index (χ0v) is 12.9. The van der Waals surface area contributed by atoms with Crippen molar-refractivity contribution < 1.29 is 27.5 Å². The van der Waals surface area contributed by atoms with Crippen LogP contribution in [0.3, 0.4) is 0 Å². The second-order valence-corrected chi connectivity index (χ2v) is 5.75. The van der Waals surface area contributed by atoms with Crippen molar-refractivity contribution in [3.63, 3.8) is 0 Å². The lowest BCUT2D eigenvalue weighted by Crippen LogP contribution is -2.35. The minimum atomic E-state index is -4.38. The van der Waals surface area contributed by atoms with Gasteiger partial charge in [0.2, 0.25) is 5.91 Å². The molecule has 0 aromatic carbocycles. The van der Waals surface area contributed by atoms with E-state index < -0.39 is 23.5 Å². The van der Waals surface area contributed by atoms with Gasteiger partial charge in [-0.05, 0) is 12.3 Å². The Morgan fingerprint density at radius 3 is 2.14 bits per heavy atom. The Balaban J connectivity index is 4.71. The fraction of sp³-hybridized carbons (Fsp3) is 0.714. The summed E-state index contributed by atoms with van der Waals surface area (Å²) in [6, 6.07) is 0. The molecule has 21 heavy (non-hydrogen) atoms. The second-order valence-electron chi connectivity index (χ2n) is 5.75. The Morgan fingerprint density at radius 1 is 1.24 bits per heavy atom. The molecule has 0 aromatic heterocycles. The van der Waals surface area contributed by atoms with Gasteiger partial charge in [-0.25, -0.2) is 4.79 Å². The van der Waals surface area contributed by atoms with E-state index in [4.69, 9.17) is 0 Å². The molecule has 0 aliphatic rings. The molecule has 0 aromatic rings. The maximum Gasteiger partial charge on any atom is 0.393 e. The summed E-state index contributed by atoms with van der Waals surface area (Å²) in [7, 11) is 1.16. The van der Waals surface area contributed by atoms with Crippen LogP contribution in [0.25, 0.3) is 0 Å². The minimum Gasteiger partial charge on any atom is -0.464 e. The molecular formula is C14H22F3NO3. The van der Waals surface area contributed by atoms with E-state index in [-0.39, 0.29) is 24.5 Å². The molecule has 0 saturated heterocycles. The Hall–Kier alpha value is -1.53. The van der Waals surface area contributed by atoms with Crippen molar-refractivity contribution in [2.24, 2.45) is 11.3 Å². The summed E-state index contributed by atoms with van der Waals surface area (Å²) in [5.74, 6) is -1.40. The molecule has 1 amide bonds. The van der Waals surface area contributed by atoms with Crippen molar-refractivity contribution in [2.45, 2.75) is 46.7 Å². The van der Waals surface area contributed by atoms with Gasteiger partial charge in [0.15, 0.2) is 0 Å². The van der Waals surface area contributed by atoms with Crippen LogP contribution in [-0.2, 0) is 14.3 Å². The van der Waals surface area contributed by atoms with Gasteiger partial charge in [0.1, 0.15) is 5.70 Å². The van der Waals surface area contributed by atoms with Crippen LogP contribution in [0, 0.1) is 11.3 Å². The van der Waals surface area contributed by atoms with Crippen molar-refractivity contribution >= 4 is 11.9 Å². The molecule has 0 bridgehead atoms. The van der Waals surface area contributed by atoms with Crippen LogP contribution in [0.5, 0.6) is 0 Å². The highest BCUT2D eigenvalue weighted by atomic mass is 19.4. The first-order valence-corrected chi connectivity index (χ1v) is 6.57. The Bertz CT molecular complexity index is 412. The van der Waals surface area contributed by atoms with Crippen molar-refractivity contribution in [2.75, 3.05) is 7.11 Å². The highest BCUT2D eigenvalue weighted by Crippen LogP contribution is 2.40. The molecule has 0 rings (SSSR count). The summed E-state index contributed by atoms with van der Waals surface area (Å²) in [6.07, 6.45) is -3.59. The molecule has 122 valence electrons. The number of halogens is 3. The molecule has 0 fully saturated rings. The maximum atomic E-state index is 12.7. The van der Waals surface area contributed by atoms with Gasteiger partial charge in [-0.3, -0.25) is 4.79 Å². The van der Waals surface area contributed by atoms with Crippen molar-refractivity contribution in [3.05, 3.63) is 11.8 Å². The number of amides is 1. The number of allylic oxidation sites excluding steroid dienone is 1. The van der Waals surface area contributed by atoms with Crippen LogP contribution in [0.15, 0.2) is 11.8 Å². The molecule has 0 heterocycles. The Kier molecular flexibility index (Phi) is 6.93. The van der Waals surface area contributed by atoms with E-state index in [1.165, 1.54) is 6.08 Å². The topological polar surface area (TPSA) is 55.4 Å². The molecule has 1 N–H and O–H groups in total. The third-order valence-corrected chi connectivity index (χ3v) is 2.92. The van der Waals surface area contributed by atoms with Crippen LogP contribution in [0.1, 0.15) is 40.5 Å². The molecule has 0 atom stereocenters. The van der Waals surface area contributed by atoms with Gasteiger partial charge in [-0.2, -0.15) is 13.2 Å². The fourth-order valence-corrected chi connectivity index (χ4v) is 1.38. The van der Waals surface area contributed by atoms with Crippen LogP contribution >= 0.6 is 0 Å². The van der Waals surface area contributed by atoms with Crippen molar-refractivity contribution in [1.29, 1.82) is 0 Å². The van der Waals surface area contributed by atoms with E-state index in [1.807, 2.05) is 0 Å². The summed E-state index contributed by atoms with van der Waals surface area (Å²) in [5, 5.41) is 2.30. The van der Waals surface area contributed by atoms with Crippen molar-refractivity contribution in [3.8, 4) is 0 Å². The number of hydrogen-bond acceptors (Lipinski definition) is 3. The summed E-state index contributed by atoms with van der Waals surface area (Å²) in [6.45, 7) is 5.65. The fourth-order valence-electron chi connectivity index (χ4n) is 1.38. The lowest BCUT2D eigenvalue weighted by Gasteiger charge is -2.27. The molecule has 0 saturated carbocycles. The number of nitrogens with one attached hydrogen (secondary N) is 1. The van der Waals surface area contributed by atoms with Gasteiger partial charge >= 0.3 is 12.1 Å². The highest BCUT2D eigenvalue weighted by Gasteiger charge is 2.46. The lowest BCUT2D eigenvalue weighted by molar-refractivity contribution is -0.213. The first kappa shape index (κ1) is 19.5. The first-order valence-electron chi connectivity index (χ1n) is 6.57. The van der Waals surface area contributed by atoms with Gasteiger partial charge in [0, 0.05) is 6.42 Å². The third kappa shape index (κ3) is 6.64. The molecule has 0 aliphatic heterocycles. The van der Waals surface area contributed by atoms with Gasteiger partial charge in [-0.1, -0.05) is 33.8 Å². The van der Waals surface area contributed by atoms with E-state index in [1.54, 1.807) is 13.8 Å². The molecule has 4 nitrogen and oxygen atoms in total. The molecule has 0 aliphatic carbocycles. The highest BCUT2D eigenvalue weighted by molar-refractivity contribution is 5.93. The Labute approximate surface area is 122 Å². The van der Waals surface area contributed by atoms with E-state index in [9.17, 15) is 22.8 Å². The van der Waals surface area contributed by atoms with Gasteiger partial charge in [-0.15, -0.1) is 0 Å². The summed E-state index contributed by atoms with van der Waals surface area (Å²) < 4.78 is 42.6. The summed E-state index contributed by atoms with van der Waals surface area (Å²) in [5.41, 5.74) is -2.01. The first-order chi connectivity index (χ1) is 9.40. The molecule has 7 heteroatoms. The second kappa shape index (κ2) is 7.47. The van der Waals surface area contributed by atoms with Crippen LogP contribution < -0.4 is 5.32 Å². The van der Waals surface area contributed by atoms with Gasteiger partial charge < -0.3 is 10.1 Å². The van der Waals surface area contributed by atoms with Crippen molar-refractivity contribution in [1.82, 2.24) is 5.32 Å². The quantitative estimate of drug-likeness (QED) is 0.605. The van der Waals surface area contributed by atoms with E-state index >= 15 is 0 Å². The van der Waals surface area contributed by atoms with Gasteiger partial charge in [0.05, 0.1) is 12.5 Å². The van der Waals surface area contributed by atoms with Crippen LogP contribution in [0.2, 0.25) is 0 Å². The standard InChI is InChI=1S/C14H22F3NO3/c1-9(2)8-10(12(20)21-5)18-11(19)6-7-13(3,4)14(15,16)17/h8-9H,6-7H2,1-5H3,(H,18,19)/b10-8+. The number of rotatable bonds is 6. The normalized spacial score (nSPS) is 13.3. The Morgan fingerprint density at radius 2 is 1.76 bits per heavy atom. The molecule has 0 unspecified atom stereocenters. The zero-order chi connectivity index (χ0) is 16.8. The number of carbonyl (C=O) groups is 2. The summed E-state index contributed by atoms with van der Waals surface area (Å²) >= 11 is 0. The average molecular weight is 309 g/mol. The van der Waals surface area contributed by atoms with Gasteiger partial charge in [0.25, 0.3) is 0 Å². The number of carbonyl (C=O) groups excluding carboxylic acids is 2. The zero-order valence-electron chi connectivity index (χ0n) is 12.9. The third-order valence-electron chi connectivity index (χ3n) is 2.92. The average Bonchev–Trinajstić information content (AvgIpc) is 2.32. The SMILES string of the molecule is COC(=O)/C(=C\C(C)C)NC(=O)CCC(C)(C)C(F)(F)F.